The molecule has 0 saturated heterocycles. The first-order chi connectivity index (χ1) is 6.22. The van der Waals surface area contributed by atoms with E-state index in [1.807, 2.05) is 33.0 Å². The van der Waals surface area contributed by atoms with E-state index in [2.05, 4.69) is 10.3 Å². The lowest BCUT2D eigenvalue weighted by Gasteiger charge is -2.06. The highest BCUT2D eigenvalue weighted by atomic mass is 16.5. The Morgan fingerprint density at radius 2 is 1.92 bits per heavy atom. The second-order valence-electron chi connectivity index (χ2n) is 3.04. The number of rotatable bonds is 4. The number of aryl methyl sites for hydroxylation is 2. The van der Waals surface area contributed by atoms with Crippen molar-refractivity contribution in [3.05, 3.63) is 23.5 Å². The van der Waals surface area contributed by atoms with Gasteiger partial charge in [-0.05, 0) is 20.9 Å². The highest BCUT2D eigenvalue weighted by Gasteiger charge is 1.96. The SMILES string of the molecule is CNCCOc1cc(C)nc(C)c1. The van der Waals surface area contributed by atoms with Crippen molar-refractivity contribution < 1.29 is 4.74 Å². The molecule has 1 aromatic heterocycles. The molecule has 0 saturated carbocycles. The number of likely N-dealkylation sites (N-methyl/N-ethyl adjacent to an activating group) is 1. The van der Waals surface area contributed by atoms with Crippen molar-refractivity contribution in [3.63, 3.8) is 0 Å². The largest absolute Gasteiger partial charge is 0.492 e. The Labute approximate surface area is 79.1 Å². The molecule has 0 radical (unpaired) electrons. The number of pyridine rings is 1. The Morgan fingerprint density at radius 1 is 1.31 bits per heavy atom. The minimum Gasteiger partial charge on any atom is -0.492 e. The molecule has 0 aliphatic heterocycles. The van der Waals surface area contributed by atoms with E-state index in [-0.39, 0.29) is 0 Å². The van der Waals surface area contributed by atoms with Gasteiger partial charge in [0.2, 0.25) is 0 Å². The second-order valence-corrected chi connectivity index (χ2v) is 3.04. The molecule has 0 spiro atoms. The van der Waals surface area contributed by atoms with Crippen LogP contribution in [0, 0.1) is 13.8 Å². The first-order valence-electron chi connectivity index (χ1n) is 4.45. The summed E-state index contributed by atoms with van der Waals surface area (Å²) in [5.74, 6) is 0.903. The molecule has 0 aliphatic rings. The Kier molecular flexibility index (Phi) is 3.71. The zero-order valence-corrected chi connectivity index (χ0v) is 8.42. The van der Waals surface area contributed by atoms with Crippen LogP contribution in [0.25, 0.3) is 0 Å². The van der Waals surface area contributed by atoms with Gasteiger partial charge < -0.3 is 10.1 Å². The van der Waals surface area contributed by atoms with Gasteiger partial charge in [-0.3, -0.25) is 4.98 Å². The molecule has 0 unspecified atom stereocenters. The van der Waals surface area contributed by atoms with Gasteiger partial charge in [0.05, 0.1) is 0 Å². The van der Waals surface area contributed by atoms with Crippen LogP contribution in [0.3, 0.4) is 0 Å². The van der Waals surface area contributed by atoms with E-state index in [1.54, 1.807) is 0 Å². The third kappa shape index (κ3) is 3.42. The predicted octanol–water partition coefficient (Wildman–Crippen LogP) is 1.30. The molecule has 13 heavy (non-hydrogen) atoms. The normalized spacial score (nSPS) is 10.1. The third-order valence-corrected chi connectivity index (χ3v) is 1.68. The fraction of sp³-hybridized carbons (Fsp3) is 0.500. The molecule has 0 fully saturated rings. The van der Waals surface area contributed by atoms with E-state index in [4.69, 9.17) is 4.74 Å². The molecular formula is C10H16N2O. The van der Waals surface area contributed by atoms with E-state index >= 15 is 0 Å². The first-order valence-corrected chi connectivity index (χ1v) is 4.45. The van der Waals surface area contributed by atoms with Crippen molar-refractivity contribution in [3.8, 4) is 5.75 Å². The van der Waals surface area contributed by atoms with Crippen molar-refractivity contribution in [1.82, 2.24) is 10.3 Å². The van der Waals surface area contributed by atoms with Crippen LogP contribution in [-0.4, -0.2) is 25.2 Å². The number of hydrogen-bond acceptors (Lipinski definition) is 3. The fourth-order valence-corrected chi connectivity index (χ4v) is 1.15. The van der Waals surface area contributed by atoms with Gasteiger partial charge in [0.15, 0.2) is 0 Å². The smallest absolute Gasteiger partial charge is 0.122 e. The monoisotopic (exact) mass is 180 g/mol. The molecule has 1 rings (SSSR count). The van der Waals surface area contributed by atoms with Crippen LogP contribution < -0.4 is 10.1 Å². The summed E-state index contributed by atoms with van der Waals surface area (Å²) in [4.78, 5) is 4.27. The second kappa shape index (κ2) is 4.82. The number of hydrogen-bond donors (Lipinski definition) is 1. The van der Waals surface area contributed by atoms with Crippen LogP contribution in [0.1, 0.15) is 11.4 Å². The summed E-state index contributed by atoms with van der Waals surface area (Å²) in [6.45, 7) is 5.50. The van der Waals surface area contributed by atoms with Crippen molar-refractivity contribution in [2.24, 2.45) is 0 Å². The molecule has 0 atom stereocenters. The van der Waals surface area contributed by atoms with Crippen LogP contribution in [0.5, 0.6) is 5.75 Å². The van der Waals surface area contributed by atoms with E-state index in [0.29, 0.717) is 6.61 Å². The molecule has 72 valence electrons. The molecular weight excluding hydrogens is 164 g/mol. The molecule has 1 heterocycles. The summed E-state index contributed by atoms with van der Waals surface area (Å²) < 4.78 is 5.51. The maximum Gasteiger partial charge on any atom is 0.122 e. The van der Waals surface area contributed by atoms with Crippen LogP contribution in [0.15, 0.2) is 12.1 Å². The Balaban J connectivity index is 2.56. The van der Waals surface area contributed by atoms with E-state index in [0.717, 1.165) is 23.7 Å². The molecule has 1 N–H and O–H groups in total. The molecule has 3 heteroatoms. The van der Waals surface area contributed by atoms with E-state index in [1.165, 1.54) is 0 Å². The molecule has 1 aromatic rings. The highest BCUT2D eigenvalue weighted by Crippen LogP contribution is 2.12. The van der Waals surface area contributed by atoms with Crippen LogP contribution in [0.4, 0.5) is 0 Å². The Hall–Kier alpha value is -1.09. The Bertz CT molecular complexity index is 253. The highest BCUT2D eigenvalue weighted by molar-refractivity contribution is 5.25. The maximum atomic E-state index is 5.51. The summed E-state index contributed by atoms with van der Waals surface area (Å²) in [6, 6.07) is 3.89. The maximum absolute atomic E-state index is 5.51. The topological polar surface area (TPSA) is 34.1 Å². The lowest BCUT2D eigenvalue weighted by Crippen LogP contribution is -2.16. The average molecular weight is 180 g/mol. The van der Waals surface area contributed by atoms with E-state index in [9.17, 15) is 0 Å². The zero-order chi connectivity index (χ0) is 9.68. The third-order valence-electron chi connectivity index (χ3n) is 1.68. The standard InChI is InChI=1S/C10H16N2O/c1-8-6-10(7-9(2)12-8)13-5-4-11-3/h6-7,11H,4-5H2,1-3H3. The fourth-order valence-electron chi connectivity index (χ4n) is 1.15. The van der Waals surface area contributed by atoms with Gasteiger partial charge in [0.1, 0.15) is 12.4 Å². The summed E-state index contributed by atoms with van der Waals surface area (Å²) >= 11 is 0. The minimum absolute atomic E-state index is 0.694. The predicted molar refractivity (Wildman–Crippen MR) is 53.1 cm³/mol. The van der Waals surface area contributed by atoms with Crippen LogP contribution in [-0.2, 0) is 0 Å². The van der Waals surface area contributed by atoms with Crippen molar-refractivity contribution >= 4 is 0 Å². The molecule has 3 nitrogen and oxygen atoms in total. The first kappa shape index (κ1) is 9.99. The molecule has 0 aromatic carbocycles. The number of ether oxygens (including phenoxy) is 1. The molecule has 0 bridgehead atoms. The van der Waals surface area contributed by atoms with Gasteiger partial charge in [-0.2, -0.15) is 0 Å². The lowest BCUT2D eigenvalue weighted by atomic mass is 10.3. The summed E-state index contributed by atoms with van der Waals surface area (Å²) in [5.41, 5.74) is 2.00. The Morgan fingerprint density at radius 3 is 2.46 bits per heavy atom. The van der Waals surface area contributed by atoms with Gasteiger partial charge >= 0.3 is 0 Å². The zero-order valence-electron chi connectivity index (χ0n) is 8.42. The number of nitrogens with zero attached hydrogens (tertiary/aromatic N) is 1. The van der Waals surface area contributed by atoms with Crippen molar-refractivity contribution in [2.45, 2.75) is 13.8 Å². The lowest BCUT2D eigenvalue weighted by molar-refractivity contribution is 0.317. The van der Waals surface area contributed by atoms with Crippen LogP contribution in [0.2, 0.25) is 0 Å². The average Bonchev–Trinajstić information content (AvgIpc) is 2.03. The van der Waals surface area contributed by atoms with Gasteiger partial charge in [0.25, 0.3) is 0 Å². The van der Waals surface area contributed by atoms with Gasteiger partial charge in [-0.25, -0.2) is 0 Å². The summed E-state index contributed by atoms with van der Waals surface area (Å²) in [5, 5.41) is 3.03. The quantitative estimate of drug-likeness (QED) is 0.709. The van der Waals surface area contributed by atoms with Gasteiger partial charge in [0, 0.05) is 30.1 Å². The molecule has 0 aliphatic carbocycles. The summed E-state index contributed by atoms with van der Waals surface area (Å²) in [6.07, 6.45) is 0. The van der Waals surface area contributed by atoms with Crippen LogP contribution >= 0.6 is 0 Å². The molecule has 0 amide bonds. The van der Waals surface area contributed by atoms with Gasteiger partial charge in [-0.15, -0.1) is 0 Å². The minimum atomic E-state index is 0.694. The summed E-state index contributed by atoms with van der Waals surface area (Å²) in [7, 11) is 1.91. The van der Waals surface area contributed by atoms with Crippen molar-refractivity contribution in [2.75, 3.05) is 20.2 Å². The van der Waals surface area contributed by atoms with Gasteiger partial charge in [-0.1, -0.05) is 0 Å². The number of aromatic nitrogens is 1. The van der Waals surface area contributed by atoms with E-state index < -0.39 is 0 Å². The van der Waals surface area contributed by atoms with Crippen molar-refractivity contribution in [1.29, 1.82) is 0 Å². The number of nitrogens with one attached hydrogen (secondary N) is 1.